The van der Waals surface area contributed by atoms with Crippen molar-refractivity contribution in [2.45, 2.75) is 0 Å². The van der Waals surface area contributed by atoms with Gasteiger partial charge in [0, 0.05) is 16.1 Å². The van der Waals surface area contributed by atoms with Gasteiger partial charge in [-0.3, -0.25) is 19.7 Å². The largest absolute Gasteiger partial charge is 0.343 e. The summed E-state index contributed by atoms with van der Waals surface area (Å²) in [6.45, 7) is -0.243. The molecule has 1 heterocycles. The summed E-state index contributed by atoms with van der Waals surface area (Å²) >= 11 is 4.19. The molecular formula is C14H11BrN4O4S. The fourth-order valence-electron chi connectivity index (χ4n) is 1.61. The van der Waals surface area contributed by atoms with E-state index in [1.807, 2.05) is 0 Å². The topological polar surface area (TPSA) is 114 Å². The van der Waals surface area contributed by atoms with E-state index in [0.717, 1.165) is 15.8 Å². The van der Waals surface area contributed by atoms with Crippen LogP contribution in [0.1, 0.15) is 15.2 Å². The smallest absolute Gasteiger partial charge is 0.324 e. The van der Waals surface area contributed by atoms with E-state index in [2.05, 4.69) is 31.8 Å². The number of nitrogens with zero attached hydrogens (tertiary/aromatic N) is 2. The second kappa shape index (κ2) is 8.31. The zero-order chi connectivity index (χ0) is 17.5. The predicted octanol–water partition coefficient (Wildman–Crippen LogP) is 2.30. The zero-order valence-corrected chi connectivity index (χ0v) is 14.5. The minimum atomic E-state index is -0.513. The van der Waals surface area contributed by atoms with E-state index in [1.165, 1.54) is 18.3 Å². The Kier molecular flexibility index (Phi) is 6.15. The number of carbonyl (C=O) groups is 2. The summed E-state index contributed by atoms with van der Waals surface area (Å²) in [5, 5.41) is 16.7. The third kappa shape index (κ3) is 5.25. The molecule has 0 aliphatic heterocycles. The number of carbonyl (C=O) groups excluding carboxylic acids is 2. The molecular weight excluding hydrogens is 400 g/mol. The summed E-state index contributed by atoms with van der Waals surface area (Å²) < 4.78 is 0.759. The summed E-state index contributed by atoms with van der Waals surface area (Å²) in [5.41, 5.74) is 2.65. The quantitative estimate of drug-likeness (QED) is 0.431. The van der Waals surface area contributed by atoms with Gasteiger partial charge in [0.15, 0.2) is 0 Å². The summed E-state index contributed by atoms with van der Waals surface area (Å²) in [4.78, 5) is 34.0. The second-order valence-electron chi connectivity index (χ2n) is 4.42. The maximum atomic E-state index is 11.9. The minimum absolute atomic E-state index is 0.0101. The molecule has 0 fully saturated rings. The third-order valence-corrected chi connectivity index (χ3v) is 4.13. The van der Waals surface area contributed by atoms with Crippen LogP contribution in [-0.4, -0.2) is 29.5 Å². The number of hydrogen-bond donors (Lipinski definition) is 2. The lowest BCUT2D eigenvalue weighted by atomic mass is 10.2. The number of halogens is 1. The summed E-state index contributed by atoms with van der Waals surface area (Å²) in [6, 6.07) is 9.63. The number of nitrogens with one attached hydrogen (secondary N) is 2. The Labute approximate surface area is 148 Å². The maximum Gasteiger partial charge on any atom is 0.324 e. The Bertz CT molecular complexity index is 806. The van der Waals surface area contributed by atoms with Gasteiger partial charge < -0.3 is 5.32 Å². The highest BCUT2D eigenvalue weighted by Crippen LogP contribution is 2.22. The Morgan fingerprint density at radius 2 is 2.12 bits per heavy atom. The van der Waals surface area contributed by atoms with E-state index < -0.39 is 10.8 Å². The SMILES string of the molecule is O=C(CNC(=O)c1cccc(Br)c1)NN=Cc1ccc([N+](=O)[O-])s1. The molecule has 24 heavy (non-hydrogen) atoms. The lowest BCUT2D eigenvalue weighted by molar-refractivity contribution is -0.380. The predicted molar refractivity (Wildman–Crippen MR) is 93.2 cm³/mol. The third-order valence-electron chi connectivity index (χ3n) is 2.67. The van der Waals surface area contributed by atoms with Crippen LogP contribution >= 0.6 is 27.3 Å². The molecule has 0 unspecified atom stereocenters. The van der Waals surface area contributed by atoms with Gasteiger partial charge in [0.25, 0.3) is 11.8 Å². The fraction of sp³-hybridized carbons (Fsp3) is 0.0714. The number of hydrogen-bond acceptors (Lipinski definition) is 6. The average Bonchev–Trinajstić information content (AvgIpc) is 3.02. The number of amides is 2. The average molecular weight is 411 g/mol. The van der Waals surface area contributed by atoms with E-state index in [1.54, 1.807) is 24.3 Å². The van der Waals surface area contributed by atoms with Crippen molar-refractivity contribution < 1.29 is 14.5 Å². The molecule has 0 bridgehead atoms. The number of thiophene rings is 1. The molecule has 1 aromatic heterocycles. The van der Waals surface area contributed by atoms with E-state index >= 15 is 0 Å². The second-order valence-corrected chi connectivity index (χ2v) is 6.43. The van der Waals surface area contributed by atoms with Gasteiger partial charge in [-0.2, -0.15) is 5.10 Å². The first kappa shape index (κ1) is 17.8. The summed E-state index contributed by atoms with van der Waals surface area (Å²) in [6.07, 6.45) is 1.30. The van der Waals surface area contributed by atoms with Crippen LogP contribution < -0.4 is 10.7 Å². The molecule has 0 radical (unpaired) electrons. The molecule has 2 aromatic rings. The Morgan fingerprint density at radius 3 is 2.79 bits per heavy atom. The minimum Gasteiger partial charge on any atom is -0.343 e. The Balaban J connectivity index is 1.79. The first-order chi connectivity index (χ1) is 11.5. The Hall–Kier alpha value is -2.59. The van der Waals surface area contributed by atoms with Crippen molar-refractivity contribution in [1.29, 1.82) is 0 Å². The molecule has 8 nitrogen and oxygen atoms in total. The van der Waals surface area contributed by atoms with E-state index in [-0.39, 0.29) is 17.5 Å². The van der Waals surface area contributed by atoms with Gasteiger partial charge in [0.2, 0.25) is 0 Å². The van der Waals surface area contributed by atoms with Gasteiger partial charge in [-0.15, -0.1) is 0 Å². The van der Waals surface area contributed by atoms with Gasteiger partial charge in [-0.1, -0.05) is 33.3 Å². The number of hydrazone groups is 1. The molecule has 2 rings (SSSR count). The van der Waals surface area contributed by atoms with Gasteiger partial charge in [0.1, 0.15) is 0 Å². The van der Waals surface area contributed by atoms with Crippen LogP contribution in [0.5, 0.6) is 0 Å². The summed E-state index contributed by atoms with van der Waals surface area (Å²) in [5.74, 6) is -0.898. The Morgan fingerprint density at radius 1 is 1.33 bits per heavy atom. The number of benzene rings is 1. The first-order valence-electron chi connectivity index (χ1n) is 6.55. The van der Waals surface area contributed by atoms with Crippen molar-refractivity contribution >= 4 is 50.3 Å². The van der Waals surface area contributed by atoms with Gasteiger partial charge in [-0.05, 0) is 24.3 Å². The van der Waals surface area contributed by atoms with Crippen molar-refractivity contribution in [2.75, 3.05) is 6.54 Å². The number of rotatable bonds is 6. The lowest BCUT2D eigenvalue weighted by Gasteiger charge is -2.04. The van der Waals surface area contributed by atoms with Crippen LogP contribution in [0.15, 0.2) is 46.0 Å². The fourth-order valence-corrected chi connectivity index (χ4v) is 2.70. The standard InChI is InChI=1S/C14H11BrN4O4S/c15-10-3-1-2-9(6-10)14(21)16-8-12(20)18-17-7-11-4-5-13(24-11)19(22)23/h1-7H,8H2,(H,16,21)(H,18,20). The molecule has 10 heteroatoms. The highest BCUT2D eigenvalue weighted by molar-refractivity contribution is 9.10. The number of nitro groups is 1. The first-order valence-corrected chi connectivity index (χ1v) is 8.16. The van der Waals surface area contributed by atoms with Crippen LogP contribution in [-0.2, 0) is 4.79 Å². The molecule has 0 aliphatic rings. The zero-order valence-electron chi connectivity index (χ0n) is 12.1. The van der Waals surface area contributed by atoms with Crippen LogP contribution in [0.2, 0.25) is 0 Å². The van der Waals surface area contributed by atoms with Crippen LogP contribution in [0.25, 0.3) is 0 Å². The maximum absolute atomic E-state index is 11.9. The van der Waals surface area contributed by atoms with Gasteiger partial charge in [0.05, 0.1) is 22.6 Å². The molecule has 0 atom stereocenters. The van der Waals surface area contributed by atoms with Crippen molar-refractivity contribution in [1.82, 2.24) is 10.7 Å². The lowest BCUT2D eigenvalue weighted by Crippen LogP contribution is -2.34. The highest BCUT2D eigenvalue weighted by Gasteiger charge is 2.09. The van der Waals surface area contributed by atoms with Crippen LogP contribution in [0, 0.1) is 10.1 Å². The van der Waals surface area contributed by atoms with E-state index in [9.17, 15) is 19.7 Å². The van der Waals surface area contributed by atoms with E-state index in [4.69, 9.17) is 0 Å². The van der Waals surface area contributed by atoms with Crippen molar-refractivity contribution in [3.05, 3.63) is 61.4 Å². The van der Waals surface area contributed by atoms with Crippen molar-refractivity contribution in [3.63, 3.8) is 0 Å². The molecule has 1 aromatic carbocycles. The molecule has 0 saturated heterocycles. The molecule has 2 N–H and O–H groups in total. The van der Waals surface area contributed by atoms with E-state index in [0.29, 0.717) is 10.4 Å². The van der Waals surface area contributed by atoms with Crippen LogP contribution in [0.4, 0.5) is 5.00 Å². The van der Waals surface area contributed by atoms with Crippen LogP contribution in [0.3, 0.4) is 0 Å². The normalized spacial score (nSPS) is 10.5. The highest BCUT2D eigenvalue weighted by atomic mass is 79.9. The monoisotopic (exact) mass is 410 g/mol. The molecule has 0 spiro atoms. The summed E-state index contributed by atoms with van der Waals surface area (Å²) in [7, 11) is 0. The van der Waals surface area contributed by atoms with Gasteiger partial charge in [-0.25, -0.2) is 5.43 Å². The van der Waals surface area contributed by atoms with Crippen molar-refractivity contribution in [3.8, 4) is 0 Å². The van der Waals surface area contributed by atoms with Crippen molar-refractivity contribution in [2.24, 2.45) is 5.10 Å². The molecule has 124 valence electrons. The van der Waals surface area contributed by atoms with Gasteiger partial charge >= 0.3 is 5.00 Å². The molecule has 2 amide bonds. The molecule has 0 saturated carbocycles. The molecule has 0 aliphatic carbocycles.